The molecule has 220 valence electrons. The lowest BCUT2D eigenvalue weighted by molar-refractivity contribution is -0.137. The molecule has 0 saturated carbocycles. The number of aliphatic hydroxyl groups is 1. The van der Waals surface area contributed by atoms with Crippen molar-refractivity contribution in [2.24, 2.45) is 17.3 Å². The normalized spacial score (nSPS) is 23.8. The summed E-state index contributed by atoms with van der Waals surface area (Å²) in [5.74, 6) is -3.72. The van der Waals surface area contributed by atoms with E-state index in [0.717, 1.165) is 16.7 Å². The fourth-order valence-corrected chi connectivity index (χ4v) is 5.74. The molecule has 0 bridgehead atoms. The zero-order chi connectivity index (χ0) is 30.6. The summed E-state index contributed by atoms with van der Waals surface area (Å²) in [5, 5.41) is 21.7. The van der Waals surface area contributed by atoms with Gasteiger partial charge in [0.2, 0.25) is 0 Å². The highest BCUT2D eigenvalue weighted by Gasteiger charge is 2.56. The number of rotatable bonds is 11. The number of carbonyl (C=O) groups is 3. The van der Waals surface area contributed by atoms with Gasteiger partial charge in [-0.25, -0.2) is 0 Å². The predicted molar refractivity (Wildman–Crippen MR) is 161 cm³/mol. The summed E-state index contributed by atoms with van der Waals surface area (Å²) >= 11 is 0. The van der Waals surface area contributed by atoms with Crippen molar-refractivity contribution in [3.05, 3.63) is 94.0 Å². The lowest BCUT2D eigenvalue weighted by Crippen LogP contribution is -2.48. The second kappa shape index (κ2) is 12.9. The van der Waals surface area contributed by atoms with E-state index in [1.165, 1.54) is 0 Å². The van der Waals surface area contributed by atoms with Gasteiger partial charge in [-0.1, -0.05) is 72.7 Å². The molecular weight excluding hydrogens is 516 g/mol. The molecule has 1 heterocycles. The average molecular weight is 561 g/mol. The monoisotopic (exact) mass is 560 g/mol. The van der Waals surface area contributed by atoms with Crippen LogP contribution >= 0.6 is 0 Å². The molecule has 0 spiro atoms. The maximum Gasteiger partial charge on any atom is 0.304 e. The van der Waals surface area contributed by atoms with Crippen molar-refractivity contribution in [3.8, 4) is 0 Å². The van der Waals surface area contributed by atoms with Crippen LogP contribution in [0.15, 0.2) is 88.4 Å². The van der Waals surface area contributed by atoms with Crippen LogP contribution < -0.4 is 0 Å². The van der Waals surface area contributed by atoms with Gasteiger partial charge >= 0.3 is 5.97 Å². The van der Waals surface area contributed by atoms with Crippen molar-refractivity contribution >= 4 is 17.5 Å². The summed E-state index contributed by atoms with van der Waals surface area (Å²) in [6.07, 6.45) is 4.34. The quantitative estimate of drug-likeness (QED) is 0.268. The van der Waals surface area contributed by atoms with Crippen LogP contribution in [0.3, 0.4) is 0 Å². The average Bonchev–Trinajstić information content (AvgIpc) is 2.90. The lowest BCUT2D eigenvalue weighted by atomic mass is 9.61. The van der Waals surface area contributed by atoms with E-state index in [2.05, 4.69) is 12.7 Å². The Balaban J connectivity index is 2.41. The largest absolute Gasteiger partial charge is 0.507 e. The fraction of sp³-hybridized carbons (Fsp3) is 0.457. The molecule has 0 fully saturated rings. The van der Waals surface area contributed by atoms with Crippen LogP contribution in [0.4, 0.5) is 0 Å². The molecule has 6 nitrogen and oxygen atoms in total. The van der Waals surface area contributed by atoms with E-state index in [0.29, 0.717) is 18.4 Å². The van der Waals surface area contributed by atoms with Crippen molar-refractivity contribution in [1.29, 1.82) is 0 Å². The van der Waals surface area contributed by atoms with Crippen molar-refractivity contribution in [3.63, 3.8) is 0 Å². The Morgan fingerprint density at radius 3 is 2.20 bits per heavy atom. The number of carbonyl (C=O) groups excluding carboxylic acids is 2. The number of hydrogen-bond donors (Lipinski definition) is 2. The summed E-state index contributed by atoms with van der Waals surface area (Å²) in [6, 6.07) is 8.84. The highest BCUT2D eigenvalue weighted by molar-refractivity contribution is 6.13. The van der Waals surface area contributed by atoms with Gasteiger partial charge in [-0.15, -0.1) is 0 Å². The summed E-state index contributed by atoms with van der Waals surface area (Å²) in [6.45, 7) is 17.6. The Morgan fingerprint density at radius 1 is 1.05 bits per heavy atom. The molecule has 1 aliphatic carbocycles. The van der Waals surface area contributed by atoms with Crippen LogP contribution in [0.2, 0.25) is 0 Å². The molecule has 6 heteroatoms. The highest BCUT2D eigenvalue weighted by atomic mass is 16.5. The van der Waals surface area contributed by atoms with E-state index in [4.69, 9.17) is 4.74 Å². The number of carboxylic acids is 1. The number of ether oxygens (including phenoxy) is 1. The van der Waals surface area contributed by atoms with E-state index < -0.39 is 47.3 Å². The van der Waals surface area contributed by atoms with Gasteiger partial charge in [0.05, 0.1) is 23.3 Å². The minimum atomic E-state index is -1.33. The fourth-order valence-electron chi connectivity index (χ4n) is 5.74. The first-order chi connectivity index (χ1) is 19.2. The van der Waals surface area contributed by atoms with Crippen molar-refractivity contribution in [1.82, 2.24) is 0 Å². The van der Waals surface area contributed by atoms with Gasteiger partial charge in [0.1, 0.15) is 17.6 Å². The van der Waals surface area contributed by atoms with Gasteiger partial charge in [0, 0.05) is 11.5 Å². The lowest BCUT2D eigenvalue weighted by Gasteiger charge is -2.45. The minimum Gasteiger partial charge on any atom is -0.507 e. The summed E-state index contributed by atoms with van der Waals surface area (Å²) in [7, 11) is 0. The Hall–Kier alpha value is -3.67. The number of hydrogen-bond acceptors (Lipinski definition) is 5. The SMILES string of the molecule is C=C(C)[C@H](CC=C(C)C)C[C@]1(CC=C(C)C)C(=O)C([C@H](CC(=O)O)c2ccccc2)=C(O)C2=C1O[C@H](C)[C@@H](C)C2=O. The topological polar surface area (TPSA) is 101 Å². The Kier molecular flexibility index (Phi) is 10.0. The van der Waals surface area contributed by atoms with Crippen LogP contribution in [-0.2, 0) is 19.1 Å². The molecule has 3 rings (SSSR count). The Labute approximate surface area is 244 Å². The third kappa shape index (κ3) is 6.64. The van der Waals surface area contributed by atoms with Crippen LogP contribution in [0, 0.1) is 17.3 Å². The predicted octanol–water partition coefficient (Wildman–Crippen LogP) is 7.80. The van der Waals surface area contributed by atoms with Crippen LogP contribution in [-0.4, -0.2) is 33.9 Å². The maximum absolute atomic E-state index is 15.0. The van der Waals surface area contributed by atoms with Gasteiger partial charge in [-0.05, 0) is 72.3 Å². The summed E-state index contributed by atoms with van der Waals surface area (Å²) in [4.78, 5) is 41.0. The first-order valence-electron chi connectivity index (χ1n) is 14.3. The third-order valence-electron chi connectivity index (χ3n) is 8.39. The summed E-state index contributed by atoms with van der Waals surface area (Å²) < 4.78 is 6.44. The van der Waals surface area contributed by atoms with E-state index >= 15 is 4.79 Å². The van der Waals surface area contributed by atoms with Crippen LogP contribution in [0.1, 0.15) is 85.6 Å². The molecule has 0 saturated heterocycles. The number of aliphatic hydroxyl groups excluding tert-OH is 1. The molecule has 2 aliphatic rings. The number of ketones is 2. The molecule has 41 heavy (non-hydrogen) atoms. The second-order valence-electron chi connectivity index (χ2n) is 12.2. The first kappa shape index (κ1) is 31.9. The molecule has 0 amide bonds. The molecule has 1 aliphatic heterocycles. The molecule has 1 aromatic rings. The van der Waals surface area contributed by atoms with Gasteiger partial charge in [0.25, 0.3) is 0 Å². The molecule has 0 radical (unpaired) electrons. The first-order valence-corrected chi connectivity index (χ1v) is 14.3. The van der Waals surface area contributed by atoms with E-state index in [9.17, 15) is 19.8 Å². The van der Waals surface area contributed by atoms with Crippen molar-refractivity contribution in [2.45, 2.75) is 86.2 Å². The molecule has 1 aromatic carbocycles. The molecule has 5 atom stereocenters. The zero-order valence-electron chi connectivity index (χ0n) is 25.4. The molecule has 0 unspecified atom stereocenters. The smallest absolute Gasteiger partial charge is 0.304 e. The summed E-state index contributed by atoms with van der Waals surface area (Å²) in [5.41, 5.74) is 2.23. The Morgan fingerprint density at radius 2 is 1.66 bits per heavy atom. The number of allylic oxidation sites excluding steroid dienone is 8. The second-order valence-corrected chi connectivity index (χ2v) is 12.2. The van der Waals surface area contributed by atoms with Crippen molar-refractivity contribution < 1.29 is 29.3 Å². The van der Waals surface area contributed by atoms with E-state index in [-0.39, 0.29) is 35.0 Å². The number of aliphatic carboxylic acids is 1. The van der Waals surface area contributed by atoms with Crippen LogP contribution in [0.25, 0.3) is 0 Å². The molecule has 2 N–H and O–H groups in total. The molecule has 0 aromatic heterocycles. The highest BCUT2D eigenvalue weighted by Crippen LogP contribution is 2.54. The van der Waals surface area contributed by atoms with E-state index in [1.54, 1.807) is 44.2 Å². The maximum atomic E-state index is 15.0. The standard InChI is InChI=1S/C35H44O6/c1-20(2)14-15-26(22(5)6)19-35(17-16-21(3)4)33(40)29(27(18-28(36)37)25-12-10-9-11-13-25)32(39)30-31(38)23(7)24(8)41-34(30)35/h9-14,16,23-24,26-27,39H,5,15,17-19H2,1-4,6-8H3,(H,36,37)/t23-,24-,26-,27-,35-/m1/s1. The van der Waals surface area contributed by atoms with E-state index in [1.807, 2.05) is 40.7 Å². The number of benzene rings is 1. The molecular formula is C35H44O6. The number of Topliss-reactive ketones (excluding diaryl/α,β-unsaturated/α-hetero) is 2. The zero-order valence-corrected chi connectivity index (χ0v) is 25.4. The van der Waals surface area contributed by atoms with Gasteiger partial charge in [-0.2, -0.15) is 0 Å². The van der Waals surface area contributed by atoms with Crippen LogP contribution in [0.5, 0.6) is 0 Å². The Bertz CT molecular complexity index is 1330. The van der Waals surface area contributed by atoms with Gasteiger partial charge < -0.3 is 14.9 Å². The number of carboxylic acid groups (broad SMARTS) is 1. The van der Waals surface area contributed by atoms with Gasteiger partial charge in [0.15, 0.2) is 11.6 Å². The van der Waals surface area contributed by atoms with Gasteiger partial charge in [-0.3, -0.25) is 14.4 Å². The van der Waals surface area contributed by atoms with Crippen molar-refractivity contribution in [2.75, 3.05) is 0 Å². The third-order valence-corrected chi connectivity index (χ3v) is 8.39. The minimum absolute atomic E-state index is 0.00126.